The summed E-state index contributed by atoms with van der Waals surface area (Å²) < 4.78 is 15.5. The van der Waals surface area contributed by atoms with Gasteiger partial charge >= 0.3 is 0 Å². The zero-order valence-electron chi connectivity index (χ0n) is 20.3. The van der Waals surface area contributed by atoms with Crippen molar-refractivity contribution in [3.05, 3.63) is 54.5 Å². The molecule has 8 rings (SSSR count). The predicted octanol–water partition coefficient (Wildman–Crippen LogP) is 4.46. The number of nitrogens with one attached hydrogen (secondary N) is 1. The molecule has 3 aromatic heterocycles. The summed E-state index contributed by atoms with van der Waals surface area (Å²) in [6.45, 7) is 4.06. The number of fused-ring (bicyclic) bond motifs is 3. The van der Waals surface area contributed by atoms with Gasteiger partial charge in [0.2, 0.25) is 0 Å². The number of ether oxygens (including phenoxy) is 2. The molecule has 1 spiro atoms. The summed E-state index contributed by atoms with van der Waals surface area (Å²) in [5.41, 5.74) is 9.07. The van der Waals surface area contributed by atoms with E-state index in [1.165, 1.54) is 5.56 Å². The Bertz CT molecular complexity index is 1480. The number of benzene rings is 1. The van der Waals surface area contributed by atoms with Gasteiger partial charge in [-0.3, -0.25) is 0 Å². The summed E-state index contributed by atoms with van der Waals surface area (Å²) in [4.78, 5) is 13.5. The Morgan fingerprint density at radius 2 is 2.03 bits per heavy atom. The van der Waals surface area contributed by atoms with Crippen molar-refractivity contribution >= 4 is 33.6 Å². The van der Waals surface area contributed by atoms with Crippen molar-refractivity contribution in [3.63, 3.8) is 0 Å². The van der Waals surface area contributed by atoms with Gasteiger partial charge in [0.15, 0.2) is 5.79 Å². The zero-order valence-corrected chi connectivity index (χ0v) is 20.3. The molecule has 8 nitrogen and oxygen atoms in total. The summed E-state index contributed by atoms with van der Waals surface area (Å²) in [6.07, 6.45) is 7.72. The minimum atomic E-state index is -0.599. The van der Waals surface area contributed by atoms with Crippen molar-refractivity contribution in [1.82, 2.24) is 19.5 Å². The fraction of sp³-hybridized carbons (Fsp3) is 0.444. The second-order valence-electron chi connectivity index (χ2n) is 10.9. The van der Waals surface area contributed by atoms with Gasteiger partial charge in [-0.15, -0.1) is 0 Å². The van der Waals surface area contributed by atoms with Crippen LogP contribution in [0.3, 0.4) is 0 Å². The molecule has 4 fully saturated rings. The Kier molecular flexibility index (Phi) is 4.17. The number of rotatable bonds is 5. The Hall–Kier alpha value is -3.23. The van der Waals surface area contributed by atoms with E-state index in [9.17, 15) is 0 Å². The van der Waals surface area contributed by atoms with Crippen molar-refractivity contribution in [3.8, 4) is 0 Å². The van der Waals surface area contributed by atoms with E-state index in [1.54, 1.807) is 6.33 Å². The monoisotopic (exact) mass is 470 g/mol. The van der Waals surface area contributed by atoms with Gasteiger partial charge in [-0.2, -0.15) is 0 Å². The first-order valence-corrected chi connectivity index (χ1v) is 12.4. The number of anilines is 2. The number of nitrogen functional groups attached to an aromatic ring is 1. The number of nitrogens with zero attached hydrogens (tertiary/aromatic N) is 4. The quantitative estimate of drug-likeness (QED) is 0.444. The molecule has 3 aliphatic carbocycles. The Balaban J connectivity index is 1.21. The SMILES string of the molecule is CNc1ccc2ccc(CC[C@]34C[C@@H](n5ccc6c(N)ncnc65)[C@@]5(C3)OC(C)(C)O[C@H]45)cc2n1. The smallest absolute Gasteiger partial charge is 0.164 e. The van der Waals surface area contributed by atoms with E-state index in [0.29, 0.717) is 5.82 Å². The van der Waals surface area contributed by atoms with Crippen LogP contribution in [-0.4, -0.2) is 44.1 Å². The highest BCUT2D eigenvalue weighted by molar-refractivity contribution is 5.86. The molecule has 2 bridgehead atoms. The van der Waals surface area contributed by atoms with Crippen LogP contribution >= 0.6 is 0 Å². The third-order valence-corrected chi connectivity index (χ3v) is 8.43. The van der Waals surface area contributed by atoms with Gasteiger partial charge in [0.25, 0.3) is 0 Å². The Labute approximate surface area is 203 Å². The van der Waals surface area contributed by atoms with Gasteiger partial charge in [-0.25, -0.2) is 15.0 Å². The summed E-state index contributed by atoms with van der Waals surface area (Å²) in [5, 5.41) is 5.18. The van der Waals surface area contributed by atoms with E-state index in [2.05, 4.69) is 50.3 Å². The first kappa shape index (κ1) is 21.1. The Morgan fingerprint density at radius 1 is 1.17 bits per heavy atom. The van der Waals surface area contributed by atoms with Gasteiger partial charge in [0.05, 0.1) is 23.0 Å². The third kappa shape index (κ3) is 2.90. The average molecular weight is 471 g/mol. The van der Waals surface area contributed by atoms with E-state index >= 15 is 0 Å². The molecule has 4 atom stereocenters. The summed E-state index contributed by atoms with van der Waals surface area (Å²) in [6, 6.07) is 12.9. The van der Waals surface area contributed by atoms with Gasteiger partial charge in [0, 0.05) is 24.0 Å². The van der Waals surface area contributed by atoms with Crippen LogP contribution in [0.25, 0.3) is 21.9 Å². The molecule has 3 N–H and O–H groups in total. The lowest BCUT2D eigenvalue weighted by molar-refractivity contribution is -0.165. The van der Waals surface area contributed by atoms with Crippen molar-refractivity contribution in [2.45, 2.75) is 63.1 Å². The van der Waals surface area contributed by atoms with Crippen LogP contribution < -0.4 is 11.1 Å². The predicted molar refractivity (Wildman–Crippen MR) is 135 cm³/mol. The molecule has 4 heterocycles. The molecule has 0 radical (unpaired) electrons. The van der Waals surface area contributed by atoms with Crippen LogP contribution in [0.5, 0.6) is 0 Å². The molecule has 4 aliphatic rings. The lowest BCUT2D eigenvalue weighted by Gasteiger charge is -2.49. The van der Waals surface area contributed by atoms with Crippen LogP contribution in [0, 0.1) is 5.41 Å². The molecule has 8 heteroatoms. The minimum Gasteiger partial charge on any atom is -0.383 e. The number of pyridine rings is 1. The summed E-state index contributed by atoms with van der Waals surface area (Å²) in [7, 11) is 1.90. The average Bonchev–Trinajstić information content (AvgIpc) is 3.53. The maximum absolute atomic E-state index is 6.67. The number of hydrogen-bond donors (Lipinski definition) is 2. The third-order valence-electron chi connectivity index (χ3n) is 8.43. The lowest BCUT2D eigenvalue weighted by atomic mass is 9.61. The number of nitrogens with two attached hydrogens (primary N) is 1. The van der Waals surface area contributed by atoms with Crippen molar-refractivity contribution in [2.24, 2.45) is 5.41 Å². The van der Waals surface area contributed by atoms with Crippen LogP contribution in [0.1, 0.15) is 44.7 Å². The fourth-order valence-corrected chi connectivity index (χ4v) is 7.05. The molecule has 4 aromatic rings. The van der Waals surface area contributed by atoms with E-state index in [-0.39, 0.29) is 23.2 Å². The molecule has 0 amide bonds. The highest BCUT2D eigenvalue weighted by Gasteiger charge is 2.80. The van der Waals surface area contributed by atoms with Crippen LogP contribution in [-0.2, 0) is 15.9 Å². The largest absolute Gasteiger partial charge is 0.383 e. The van der Waals surface area contributed by atoms with Gasteiger partial charge in [0.1, 0.15) is 29.2 Å². The second kappa shape index (κ2) is 6.92. The van der Waals surface area contributed by atoms with Crippen molar-refractivity contribution in [2.75, 3.05) is 18.1 Å². The van der Waals surface area contributed by atoms with E-state index in [0.717, 1.165) is 53.4 Å². The van der Waals surface area contributed by atoms with Crippen LogP contribution in [0.2, 0.25) is 0 Å². The topological polar surface area (TPSA) is 100 Å². The molecule has 0 unspecified atom stereocenters. The molecule has 1 saturated heterocycles. The van der Waals surface area contributed by atoms with E-state index in [4.69, 9.17) is 20.2 Å². The number of aromatic nitrogens is 4. The molecule has 1 aromatic carbocycles. The first-order chi connectivity index (χ1) is 16.8. The number of aryl methyl sites for hydroxylation is 1. The van der Waals surface area contributed by atoms with Gasteiger partial charge in [-0.05, 0) is 69.4 Å². The van der Waals surface area contributed by atoms with Crippen LogP contribution in [0.4, 0.5) is 11.6 Å². The molecule has 180 valence electrons. The van der Waals surface area contributed by atoms with Crippen LogP contribution in [0.15, 0.2) is 48.9 Å². The standard InChI is InChI=1S/C27H30N6O2/c1-25(2)34-24-26(10-8-16-4-5-17-6-7-21(29-3)32-19(17)12-16)13-20(27(24,14-26)35-25)33-11-9-18-22(28)30-15-31-23(18)33/h4-7,9,11-12,15,20,24H,8,10,13-14H2,1-3H3,(H,29,32)(H2,28,30,31)/t20-,24-,26+,27-/m1/s1. The van der Waals surface area contributed by atoms with Gasteiger partial charge in [-0.1, -0.05) is 12.1 Å². The highest BCUT2D eigenvalue weighted by atomic mass is 16.8. The molecule has 1 aliphatic heterocycles. The van der Waals surface area contributed by atoms with Crippen molar-refractivity contribution in [1.29, 1.82) is 0 Å². The highest BCUT2D eigenvalue weighted by Crippen LogP contribution is 2.74. The fourth-order valence-electron chi connectivity index (χ4n) is 7.05. The minimum absolute atomic E-state index is 0.0705. The molecular formula is C27H30N6O2. The molecule has 35 heavy (non-hydrogen) atoms. The maximum atomic E-state index is 6.67. The summed E-state index contributed by atoms with van der Waals surface area (Å²) >= 11 is 0. The zero-order chi connectivity index (χ0) is 24.0. The first-order valence-electron chi connectivity index (χ1n) is 12.4. The van der Waals surface area contributed by atoms with Gasteiger partial charge < -0.3 is 25.1 Å². The lowest BCUT2D eigenvalue weighted by Crippen LogP contribution is -2.58. The number of hydrogen-bond acceptors (Lipinski definition) is 7. The van der Waals surface area contributed by atoms with Crippen molar-refractivity contribution < 1.29 is 9.47 Å². The summed E-state index contributed by atoms with van der Waals surface area (Å²) in [5.74, 6) is 0.800. The Morgan fingerprint density at radius 3 is 2.89 bits per heavy atom. The van der Waals surface area contributed by atoms with E-state index < -0.39 is 5.79 Å². The maximum Gasteiger partial charge on any atom is 0.164 e. The normalized spacial score (nSPS) is 30.5. The van der Waals surface area contributed by atoms with E-state index in [1.807, 2.05) is 33.0 Å². The molecule has 3 saturated carbocycles. The molecular weight excluding hydrogens is 440 g/mol. The second-order valence-corrected chi connectivity index (χ2v) is 10.9.